The molecule has 1 fully saturated rings. The number of nitrogens with zero attached hydrogens (tertiary/aromatic N) is 3. The molecule has 0 aliphatic heterocycles. The lowest BCUT2D eigenvalue weighted by atomic mass is 10.0. The Morgan fingerprint density at radius 3 is 2.63 bits per heavy atom. The minimum absolute atomic E-state index is 0.0392. The molecule has 140 valence electrons. The van der Waals surface area contributed by atoms with Gasteiger partial charge in [0.05, 0.1) is 30.1 Å². The Balaban J connectivity index is 2.13. The number of fused-ring (bicyclic) bond motifs is 1. The number of methoxy groups -OCH3 is 1. The van der Waals surface area contributed by atoms with Crippen LogP contribution in [0.25, 0.3) is 16.8 Å². The number of ether oxygens (including phenoxy) is 1. The van der Waals surface area contributed by atoms with E-state index in [9.17, 15) is 14.0 Å². The van der Waals surface area contributed by atoms with Crippen molar-refractivity contribution in [2.45, 2.75) is 25.3 Å². The fourth-order valence-electron chi connectivity index (χ4n) is 3.29. The summed E-state index contributed by atoms with van der Waals surface area (Å²) in [4.78, 5) is 29.3. The fourth-order valence-corrected chi connectivity index (χ4v) is 3.29. The molecule has 8 nitrogen and oxygen atoms in total. The topological polar surface area (TPSA) is 118 Å². The van der Waals surface area contributed by atoms with Gasteiger partial charge in [-0.1, -0.05) is 6.07 Å². The van der Waals surface area contributed by atoms with E-state index >= 15 is 0 Å². The number of nitrogens with two attached hydrogens (primary N) is 2. The third-order valence-corrected chi connectivity index (χ3v) is 4.79. The first kappa shape index (κ1) is 17.2. The molecule has 3 heterocycles. The normalized spacial score (nSPS) is 13.9. The smallest absolute Gasteiger partial charge is 0.354 e. The molecule has 0 amide bonds. The number of hydrogen-bond donors (Lipinski definition) is 2. The Kier molecular flexibility index (Phi) is 3.96. The van der Waals surface area contributed by atoms with E-state index in [1.54, 1.807) is 18.3 Å². The molecular formula is C18H18FN5O3. The van der Waals surface area contributed by atoms with Gasteiger partial charge >= 0.3 is 5.69 Å². The monoisotopic (exact) mass is 371 g/mol. The van der Waals surface area contributed by atoms with Crippen LogP contribution in [-0.4, -0.2) is 21.2 Å². The van der Waals surface area contributed by atoms with Crippen molar-refractivity contribution in [3.05, 3.63) is 62.3 Å². The average Bonchev–Trinajstić information content (AvgIpc) is 3.51. The van der Waals surface area contributed by atoms with Gasteiger partial charge < -0.3 is 16.3 Å². The zero-order valence-electron chi connectivity index (χ0n) is 14.6. The molecule has 1 saturated carbocycles. The van der Waals surface area contributed by atoms with Crippen molar-refractivity contribution in [1.29, 1.82) is 0 Å². The Labute approximate surface area is 152 Å². The van der Waals surface area contributed by atoms with Crippen LogP contribution in [-0.2, 0) is 6.54 Å². The fraction of sp³-hybridized carbons (Fsp3) is 0.278. The molecule has 0 radical (unpaired) electrons. The standard InChI is InChI=1S/C18H18FN5O3/c1-27-16-14(12-5-2-9(6-20)7-22-12)11(19)8-23-15(16)13(10-3-4-10)17(25)24(21)18(23)26/h2,5,7-8,10H,3-4,6,20-21H2,1H3. The molecule has 3 aromatic rings. The van der Waals surface area contributed by atoms with E-state index in [2.05, 4.69) is 4.98 Å². The second-order valence-electron chi connectivity index (χ2n) is 6.51. The summed E-state index contributed by atoms with van der Waals surface area (Å²) < 4.78 is 22.0. The van der Waals surface area contributed by atoms with Crippen LogP contribution in [0.15, 0.2) is 34.1 Å². The molecule has 0 aromatic carbocycles. The van der Waals surface area contributed by atoms with Gasteiger partial charge in [-0.3, -0.25) is 14.2 Å². The highest BCUT2D eigenvalue weighted by molar-refractivity contribution is 5.80. The molecule has 0 atom stereocenters. The number of aromatic nitrogens is 3. The van der Waals surface area contributed by atoms with Gasteiger partial charge in [-0.25, -0.2) is 9.18 Å². The van der Waals surface area contributed by atoms with E-state index in [0.717, 1.165) is 29.0 Å². The number of pyridine rings is 2. The lowest BCUT2D eigenvalue weighted by molar-refractivity contribution is 0.414. The van der Waals surface area contributed by atoms with Crippen LogP contribution in [0.2, 0.25) is 0 Å². The van der Waals surface area contributed by atoms with Crippen molar-refractivity contribution >= 4 is 5.52 Å². The zero-order chi connectivity index (χ0) is 19.3. The molecule has 1 aliphatic rings. The van der Waals surface area contributed by atoms with E-state index in [0.29, 0.717) is 22.5 Å². The predicted octanol–water partition coefficient (Wildman–Crippen LogP) is 0.721. The van der Waals surface area contributed by atoms with Crippen molar-refractivity contribution in [2.24, 2.45) is 5.73 Å². The summed E-state index contributed by atoms with van der Waals surface area (Å²) >= 11 is 0. The first-order chi connectivity index (χ1) is 13.0. The predicted molar refractivity (Wildman–Crippen MR) is 97.7 cm³/mol. The first-order valence-corrected chi connectivity index (χ1v) is 8.46. The molecule has 4 N–H and O–H groups in total. The van der Waals surface area contributed by atoms with Gasteiger partial charge in [0.15, 0.2) is 11.6 Å². The van der Waals surface area contributed by atoms with Crippen LogP contribution in [0, 0.1) is 5.82 Å². The van der Waals surface area contributed by atoms with Gasteiger partial charge in [-0.05, 0) is 30.4 Å². The van der Waals surface area contributed by atoms with E-state index in [-0.39, 0.29) is 22.7 Å². The molecule has 9 heteroatoms. The van der Waals surface area contributed by atoms with Crippen molar-refractivity contribution < 1.29 is 9.13 Å². The molecule has 0 spiro atoms. The highest BCUT2D eigenvalue weighted by Gasteiger charge is 2.33. The van der Waals surface area contributed by atoms with Crippen LogP contribution in [0.4, 0.5) is 4.39 Å². The highest BCUT2D eigenvalue weighted by Crippen LogP contribution is 2.44. The lowest BCUT2D eigenvalue weighted by Crippen LogP contribution is -2.44. The number of nitrogen functional groups attached to an aromatic ring is 1. The third-order valence-electron chi connectivity index (χ3n) is 4.79. The summed E-state index contributed by atoms with van der Waals surface area (Å²) in [6.45, 7) is 0.307. The highest BCUT2D eigenvalue weighted by atomic mass is 19.1. The van der Waals surface area contributed by atoms with Gasteiger partial charge in [-0.15, -0.1) is 0 Å². The molecule has 27 heavy (non-hydrogen) atoms. The second kappa shape index (κ2) is 6.20. The van der Waals surface area contributed by atoms with E-state index in [4.69, 9.17) is 16.3 Å². The Morgan fingerprint density at radius 2 is 2.07 bits per heavy atom. The summed E-state index contributed by atoms with van der Waals surface area (Å²) in [7, 11) is 1.36. The molecule has 4 rings (SSSR count). The quantitative estimate of drug-likeness (QED) is 0.653. The maximum atomic E-state index is 15.0. The largest absolute Gasteiger partial charge is 0.494 e. The minimum atomic E-state index is -0.838. The van der Waals surface area contributed by atoms with Crippen molar-refractivity contribution in [1.82, 2.24) is 14.1 Å². The number of hydrogen-bond acceptors (Lipinski definition) is 6. The van der Waals surface area contributed by atoms with Crippen molar-refractivity contribution in [3.63, 3.8) is 0 Å². The molecular weight excluding hydrogens is 353 g/mol. The van der Waals surface area contributed by atoms with Gasteiger partial charge in [-0.2, -0.15) is 4.68 Å². The molecule has 1 aliphatic carbocycles. The Bertz CT molecular complexity index is 1160. The summed E-state index contributed by atoms with van der Waals surface area (Å²) in [5.74, 6) is 4.95. The summed E-state index contributed by atoms with van der Waals surface area (Å²) in [5.41, 5.74) is 5.93. The van der Waals surface area contributed by atoms with Crippen LogP contribution in [0.3, 0.4) is 0 Å². The minimum Gasteiger partial charge on any atom is -0.494 e. The zero-order valence-corrected chi connectivity index (χ0v) is 14.6. The van der Waals surface area contributed by atoms with Gasteiger partial charge in [0.25, 0.3) is 5.56 Å². The molecule has 0 saturated heterocycles. The first-order valence-electron chi connectivity index (χ1n) is 8.46. The second-order valence-corrected chi connectivity index (χ2v) is 6.51. The van der Waals surface area contributed by atoms with E-state index in [1.165, 1.54) is 7.11 Å². The van der Waals surface area contributed by atoms with E-state index in [1.807, 2.05) is 0 Å². The van der Waals surface area contributed by atoms with Gasteiger partial charge in [0.1, 0.15) is 5.52 Å². The SMILES string of the molecule is COc1c(-c2ccc(CN)cn2)c(F)cn2c(=O)n(N)c(=O)c(C3CC3)c12. The van der Waals surface area contributed by atoms with Gasteiger partial charge in [0, 0.05) is 12.7 Å². The molecule has 0 unspecified atom stereocenters. The van der Waals surface area contributed by atoms with Crippen LogP contribution in [0.1, 0.15) is 29.9 Å². The molecule has 3 aromatic heterocycles. The van der Waals surface area contributed by atoms with Crippen molar-refractivity contribution in [3.8, 4) is 17.0 Å². The van der Waals surface area contributed by atoms with Crippen LogP contribution < -0.4 is 27.6 Å². The maximum absolute atomic E-state index is 15.0. The van der Waals surface area contributed by atoms with Crippen LogP contribution in [0.5, 0.6) is 5.75 Å². The number of halogens is 1. The van der Waals surface area contributed by atoms with Crippen molar-refractivity contribution in [2.75, 3.05) is 13.0 Å². The molecule has 0 bridgehead atoms. The Hall–Kier alpha value is -3.20. The summed E-state index contributed by atoms with van der Waals surface area (Å²) in [6, 6.07) is 3.36. The average molecular weight is 371 g/mol. The third kappa shape index (κ3) is 2.58. The maximum Gasteiger partial charge on any atom is 0.354 e. The van der Waals surface area contributed by atoms with E-state index < -0.39 is 17.1 Å². The lowest BCUT2D eigenvalue weighted by Gasteiger charge is -2.16. The van der Waals surface area contributed by atoms with Gasteiger partial charge in [0.2, 0.25) is 0 Å². The van der Waals surface area contributed by atoms with Crippen LogP contribution >= 0.6 is 0 Å². The number of rotatable bonds is 4. The Morgan fingerprint density at radius 1 is 1.33 bits per heavy atom. The summed E-state index contributed by atoms with van der Waals surface area (Å²) in [5, 5.41) is 0. The summed E-state index contributed by atoms with van der Waals surface area (Å²) in [6.07, 6.45) is 4.15.